The quantitative estimate of drug-likeness (QED) is 0.795. The average Bonchev–Trinajstić information content (AvgIpc) is 2.55. The highest BCUT2D eigenvalue weighted by Crippen LogP contribution is 2.14. The minimum absolute atomic E-state index is 0.110. The lowest BCUT2D eigenvalue weighted by Crippen LogP contribution is -2.32. The predicted molar refractivity (Wildman–Crippen MR) is 82.2 cm³/mol. The lowest BCUT2D eigenvalue weighted by atomic mass is 9.99. The average molecular weight is 341 g/mol. The molecule has 2 N–H and O–H groups in total. The van der Waals surface area contributed by atoms with Crippen molar-refractivity contribution in [3.05, 3.63) is 64.4 Å². The van der Waals surface area contributed by atoms with E-state index in [0.717, 1.165) is 18.2 Å². The van der Waals surface area contributed by atoms with Gasteiger partial charge in [-0.2, -0.15) is 0 Å². The van der Waals surface area contributed by atoms with Gasteiger partial charge in [0.2, 0.25) is 0 Å². The first-order valence-electron chi connectivity index (χ1n) is 6.94. The molecule has 23 heavy (non-hydrogen) atoms. The molecule has 0 aliphatic carbocycles. The Hall–Kier alpha value is -2.05. The van der Waals surface area contributed by atoms with E-state index in [9.17, 15) is 18.7 Å². The third-order valence-corrected chi connectivity index (χ3v) is 3.54. The van der Waals surface area contributed by atoms with Gasteiger partial charge in [-0.25, -0.2) is 13.8 Å². The van der Waals surface area contributed by atoms with Crippen LogP contribution in [0.15, 0.2) is 36.5 Å². The number of carbonyl (C=O) groups is 1. The zero-order valence-corrected chi connectivity index (χ0v) is 12.9. The van der Waals surface area contributed by atoms with E-state index in [0.29, 0.717) is 5.56 Å². The number of halogens is 3. The van der Waals surface area contributed by atoms with Gasteiger partial charge in [-0.3, -0.25) is 4.79 Å². The van der Waals surface area contributed by atoms with Gasteiger partial charge < -0.3 is 10.4 Å². The second-order valence-electron chi connectivity index (χ2n) is 5.07. The van der Waals surface area contributed by atoms with Crippen molar-refractivity contribution in [1.82, 2.24) is 10.3 Å². The largest absolute Gasteiger partial charge is 0.396 e. The Morgan fingerprint density at radius 1 is 1.30 bits per heavy atom. The van der Waals surface area contributed by atoms with Crippen LogP contribution < -0.4 is 5.32 Å². The number of nitrogens with one attached hydrogen (secondary N) is 1. The van der Waals surface area contributed by atoms with Crippen LogP contribution in [0.4, 0.5) is 8.78 Å². The summed E-state index contributed by atoms with van der Waals surface area (Å²) in [4.78, 5) is 15.7. The molecule has 0 fully saturated rings. The third-order valence-electron chi connectivity index (χ3n) is 3.32. The number of amides is 1. The molecule has 1 atom stereocenters. The highest BCUT2D eigenvalue weighted by atomic mass is 35.5. The Morgan fingerprint density at radius 2 is 2.09 bits per heavy atom. The Kier molecular flexibility index (Phi) is 6.01. The van der Waals surface area contributed by atoms with E-state index in [1.165, 1.54) is 18.3 Å². The molecule has 0 aliphatic heterocycles. The molecule has 1 aromatic carbocycles. The zero-order chi connectivity index (χ0) is 16.8. The van der Waals surface area contributed by atoms with Crippen molar-refractivity contribution in [3.8, 4) is 0 Å². The Balaban J connectivity index is 1.95. The summed E-state index contributed by atoms with van der Waals surface area (Å²) in [6.45, 7) is -0.150. The van der Waals surface area contributed by atoms with Gasteiger partial charge in [-0.05, 0) is 42.3 Å². The van der Waals surface area contributed by atoms with E-state index in [4.69, 9.17) is 11.6 Å². The highest BCUT2D eigenvalue weighted by molar-refractivity contribution is 6.29. The van der Waals surface area contributed by atoms with Crippen LogP contribution in [0.3, 0.4) is 0 Å². The second kappa shape index (κ2) is 7.99. The first-order chi connectivity index (χ1) is 11.0. The smallest absolute Gasteiger partial charge is 0.252 e. The molecular weight excluding hydrogens is 326 g/mol. The molecule has 4 nitrogen and oxygen atoms in total. The third kappa shape index (κ3) is 4.97. The number of benzene rings is 1. The van der Waals surface area contributed by atoms with E-state index in [1.54, 1.807) is 0 Å². The SMILES string of the molecule is O=C(NC[C@H](CO)Cc1cc(F)ccc1F)c1ccc(Cl)nc1. The molecule has 1 heterocycles. The topological polar surface area (TPSA) is 62.2 Å². The van der Waals surface area contributed by atoms with Crippen molar-refractivity contribution >= 4 is 17.5 Å². The Labute approximate surface area is 137 Å². The summed E-state index contributed by atoms with van der Waals surface area (Å²) in [5, 5.41) is 12.3. The molecule has 0 spiro atoms. The van der Waals surface area contributed by atoms with Gasteiger partial charge in [0, 0.05) is 25.3 Å². The minimum Gasteiger partial charge on any atom is -0.396 e. The van der Waals surface area contributed by atoms with E-state index in [1.807, 2.05) is 0 Å². The van der Waals surface area contributed by atoms with Gasteiger partial charge in [0.05, 0.1) is 5.56 Å². The molecule has 122 valence electrons. The van der Waals surface area contributed by atoms with Crippen LogP contribution >= 0.6 is 11.6 Å². The first kappa shape index (κ1) is 17.3. The van der Waals surface area contributed by atoms with E-state index < -0.39 is 17.6 Å². The fourth-order valence-corrected chi connectivity index (χ4v) is 2.17. The summed E-state index contributed by atoms with van der Waals surface area (Å²) < 4.78 is 26.8. The Bertz CT molecular complexity index is 680. The van der Waals surface area contributed by atoms with Crippen molar-refractivity contribution in [3.63, 3.8) is 0 Å². The summed E-state index contributed by atoms with van der Waals surface area (Å²) in [5.74, 6) is -1.91. The van der Waals surface area contributed by atoms with Crippen LogP contribution in [0.5, 0.6) is 0 Å². The van der Waals surface area contributed by atoms with Crippen molar-refractivity contribution < 1.29 is 18.7 Å². The van der Waals surface area contributed by atoms with Crippen LogP contribution in [0.25, 0.3) is 0 Å². The zero-order valence-electron chi connectivity index (χ0n) is 12.1. The molecule has 2 aromatic rings. The number of aromatic nitrogens is 1. The summed E-state index contributed by atoms with van der Waals surface area (Å²) in [7, 11) is 0. The van der Waals surface area contributed by atoms with Gasteiger partial charge in [-0.15, -0.1) is 0 Å². The molecule has 0 radical (unpaired) electrons. The second-order valence-corrected chi connectivity index (χ2v) is 5.46. The number of nitrogens with zero attached hydrogens (tertiary/aromatic N) is 1. The number of pyridine rings is 1. The lowest BCUT2D eigenvalue weighted by molar-refractivity contribution is 0.0939. The van der Waals surface area contributed by atoms with Gasteiger partial charge in [-0.1, -0.05) is 11.6 Å². The number of hydrogen-bond acceptors (Lipinski definition) is 3. The van der Waals surface area contributed by atoms with Crippen molar-refractivity contribution in [2.24, 2.45) is 5.92 Å². The maximum absolute atomic E-state index is 13.6. The number of carbonyl (C=O) groups excluding carboxylic acids is 1. The molecule has 1 amide bonds. The van der Waals surface area contributed by atoms with Gasteiger partial charge in [0.25, 0.3) is 5.91 Å². The molecular formula is C16H15ClF2N2O2. The van der Waals surface area contributed by atoms with Gasteiger partial charge >= 0.3 is 0 Å². The minimum atomic E-state index is -0.547. The molecule has 0 aliphatic rings. The van der Waals surface area contributed by atoms with Crippen LogP contribution in [0.1, 0.15) is 15.9 Å². The number of aliphatic hydroxyl groups excluding tert-OH is 1. The van der Waals surface area contributed by atoms with Crippen LogP contribution in [-0.4, -0.2) is 29.1 Å². The van der Waals surface area contributed by atoms with Gasteiger partial charge in [0.15, 0.2) is 0 Å². The van der Waals surface area contributed by atoms with Crippen molar-refractivity contribution in [1.29, 1.82) is 0 Å². The van der Waals surface area contributed by atoms with E-state index in [2.05, 4.69) is 10.3 Å². The maximum Gasteiger partial charge on any atom is 0.252 e. The summed E-state index contributed by atoms with van der Waals surface area (Å²) in [6.07, 6.45) is 1.44. The van der Waals surface area contributed by atoms with E-state index >= 15 is 0 Å². The number of hydrogen-bond donors (Lipinski definition) is 2. The number of aliphatic hydroxyl groups is 1. The fraction of sp³-hybridized carbons (Fsp3) is 0.250. The van der Waals surface area contributed by atoms with Crippen LogP contribution in [0.2, 0.25) is 5.15 Å². The maximum atomic E-state index is 13.6. The summed E-state index contributed by atoms with van der Waals surface area (Å²) in [6, 6.07) is 6.16. The molecule has 2 rings (SSSR count). The lowest BCUT2D eigenvalue weighted by Gasteiger charge is -2.15. The number of rotatable bonds is 6. The molecule has 0 saturated heterocycles. The molecule has 0 saturated carbocycles. The monoisotopic (exact) mass is 340 g/mol. The fourth-order valence-electron chi connectivity index (χ4n) is 2.06. The summed E-state index contributed by atoms with van der Waals surface area (Å²) in [5.41, 5.74) is 0.481. The Morgan fingerprint density at radius 3 is 2.74 bits per heavy atom. The van der Waals surface area contributed by atoms with E-state index in [-0.39, 0.29) is 36.2 Å². The first-order valence-corrected chi connectivity index (χ1v) is 7.32. The van der Waals surface area contributed by atoms with Crippen LogP contribution in [0, 0.1) is 17.6 Å². The summed E-state index contributed by atoms with van der Waals surface area (Å²) >= 11 is 5.64. The molecule has 0 unspecified atom stereocenters. The van der Waals surface area contributed by atoms with Crippen molar-refractivity contribution in [2.45, 2.75) is 6.42 Å². The van der Waals surface area contributed by atoms with Crippen LogP contribution in [-0.2, 0) is 6.42 Å². The normalized spacial score (nSPS) is 12.0. The standard InChI is InChI=1S/C16H15ClF2N2O2/c17-15-4-1-11(8-20-15)16(23)21-7-10(9-22)5-12-6-13(18)2-3-14(12)19/h1-4,6,8,10,22H,5,7,9H2,(H,21,23)/t10-/m1/s1. The van der Waals surface area contributed by atoms with Crippen molar-refractivity contribution in [2.75, 3.05) is 13.2 Å². The highest BCUT2D eigenvalue weighted by Gasteiger charge is 2.14. The molecule has 0 bridgehead atoms. The predicted octanol–water partition coefficient (Wildman–Crippen LogP) is 2.59. The van der Waals surface area contributed by atoms with Gasteiger partial charge in [0.1, 0.15) is 16.8 Å². The molecule has 1 aromatic heterocycles. The molecule has 7 heteroatoms.